The Bertz CT molecular complexity index is 844. The average Bonchev–Trinajstić information content (AvgIpc) is 3.21. The molecule has 1 aliphatic rings. The van der Waals surface area contributed by atoms with Crippen LogP contribution in [0.15, 0.2) is 42.7 Å². The monoisotopic (exact) mass is 399 g/mol. The van der Waals surface area contributed by atoms with Crippen molar-refractivity contribution < 1.29 is 14.3 Å². The van der Waals surface area contributed by atoms with E-state index >= 15 is 0 Å². The smallest absolute Gasteiger partial charge is 0.410 e. The summed E-state index contributed by atoms with van der Waals surface area (Å²) in [5.74, 6) is 0. The number of likely N-dealkylation sites (N-methyl/N-ethyl adjacent to an activating group) is 1. The van der Waals surface area contributed by atoms with Gasteiger partial charge in [0.05, 0.1) is 17.4 Å². The van der Waals surface area contributed by atoms with Gasteiger partial charge in [0.25, 0.3) is 0 Å². The summed E-state index contributed by atoms with van der Waals surface area (Å²) in [6.07, 6.45) is 4.82. The molecule has 8 heteroatoms. The van der Waals surface area contributed by atoms with Gasteiger partial charge in [0.1, 0.15) is 5.60 Å². The van der Waals surface area contributed by atoms with Crippen molar-refractivity contribution in [2.24, 2.45) is 0 Å². The number of nitrogens with zero attached hydrogens (tertiary/aromatic N) is 4. The third-order valence-corrected chi connectivity index (χ3v) is 4.81. The molecule has 3 amide bonds. The Kier molecular flexibility index (Phi) is 6.10. The number of ether oxygens (including phenoxy) is 1. The van der Waals surface area contributed by atoms with Gasteiger partial charge in [-0.1, -0.05) is 12.1 Å². The van der Waals surface area contributed by atoms with Crippen LogP contribution in [0.25, 0.3) is 5.69 Å². The highest BCUT2D eigenvalue weighted by Gasteiger charge is 2.31. The number of rotatable bonds is 3. The summed E-state index contributed by atoms with van der Waals surface area (Å²) >= 11 is 0. The molecular weight excluding hydrogens is 370 g/mol. The Morgan fingerprint density at radius 2 is 2.00 bits per heavy atom. The Morgan fingerprint density at radius 1 is 1.24 bits per heavy atom. The van der Waals surface area contributed by atoms with E-state index in [4.69, 9.17) is 4.74 Å². The quantitative estimate of drug-likeness (QED) is 0.853. The van der Waals surface area contributed by atoms with Crippen molar-refractivity contribution in [3.05, 3.63) is 42.7 Å². The fourth-order valence-corrected chi connectivity index (χ4v) is 3.32. The second kappa shape index (κ2) is 8.55. The van der Waals surface area contributed by atoms with Gasteiger partial charge in [-0.2, -0.15) is 5.10 Å². The highest BCUT2D eigenvalue weighted by Crippen LogP contribution is 2.22. The molecule has 8 nitrogen and oxygen atoms in total. The van der Waals surface area contributed by atoms with Crippen molar-refractivity contribution in [2.45, 2.75) is 45.3 Å². The molecule has 2 aromatic rings. The summed E-state index contributed by atoms with van der Waals surface area (Å²) in [5, 5.41) is 7.23. The van der Waals surface area contributed by atoms with Crippen LogP contribution in [-0.4, -0.2) is 63.5 Å². The van der Waals surface area contributed by atoms with Crippen molar-refractivity contribution in [3.8, 4) is 5.69 Å². The third-order valence-electron chi connectivity index (χ3n) is 4.81. The van der Waals surface area contributed by atoms with E-state index in [1.165, 1.54) is 0 Å². The maximum absolute atomic E-state index is 12.9. The summed E-state index contributed by atoms with van der Waals surface area (Å²) in [6, 6.07) is 9.09. The maximum Gasteiger partial charge on any atom is 0.410 e. The van der Waals surface area contributed by atoms with Crippen LogP contribution in [0.4, 0.5) is 15.3 Å². The Balaban J connectivity index is 1.66. The highest BCUT2D eigenvalue weighted by molar-refractivity contribution is 5.91. The number of carbonyl (C=O) groups excluding carboxylic acids is 2. The van der Waals surface area contributed by atoms with Crippen LogP contribution in [0, 0.1) is 0 Å². The first-order chi connectivity index (χ1) is 13.7. The first-order valence-corrected chi connectivity index (χ1v) is 9.85. The van der Waals surface area contributed by atoms with Crippen LogP contribution in [0.3, 0.4) is 0 Å². The van der Waals surface area contributed by atoms with Crippen molar-refractivity contribution in [2.75, 3.05) is 25.5 Å². The zero-order chi connectivity index (χ0) is 21.0. The van der Waals surface area contributed by atoms with Gasteiger partial charge < -0.3 is 19.9 Å². The van der Waals surface area contributed by atoms with E-state index in [0.717, 1.165) is 18.5 Å². The van der Waals surface area contributed by atoms with Crippen LogP contribution in [-0.2, 0) is 4.74 Å². The second-order valence-corrected chi connectivity index (χ2v) is 8.23. The molecule has 29 heavy (non-hydrogen) atoms. The molecule has 1 atom stereocenters. The van der Waals surface area contributed by atoms with Crippen molar-refractivity contribution in [3.63, 3.8) is 0 Å². The van der Waals surface area contributed by atoms with Gasteiger partial charge in [-0.3, -0.25) is 0 Å². The average molecular weight is 399 g/mol. The van der Waals surface area contributed by atoms with E-state index in [-0.39, 0.29) is 18.2 Å². The number of amides is 3. The Morgan fingerprint density at radius 3 is 2.69 bits per heavy atom. The zero-order valence-electron chi connectivity index (χ0n) is 17.5. The van der Waals surface area contributed by atoms with Gasteiger partial charge in [0.2, 0.25) is 0 Å². The SMILES string of the molecule is CN(C(=O)OC(C)(C)C)[C@@H]1CCCN(C(=O)Nc2ccccc2-n2cccn2)C1. The lowest BCUT2D eigenvalue weighted by atomic mass is 10.1. The number of hydrogen-bond donors (Lipinski definition) is 1. The molecule has 3 rings (SSSR count). The van der Waals surface area contributed by atoms with Gasteiger partial charge in [-0.05, 0) is 51.8 Å². The molecule has 1 aromatic heterocycles. The number of para-hydroxylation sites is 2. The lowest BCUT2D eigenvalue weighted by Crippen LogP contribution is -2.52. The molecule has 0 spiro atoms. The van der Waals surface area contributed by atoms with Gasteiger partial charge in [0, 0.05) is 32.5 Å². The van der Waals surface area contributed by atoms with Gasteiger partial charge in [0.15, 0.2) is 0 Å². The molecule has 1 N–H and O–H groups in total. The topological polar surface area (TPSA) is 79.7 Å². The minimum absolute atomic E-state index is 0.0780. The van der Waals surface area contributed by atoms with Crippen LogP contribution in [0.1, 0.15) is 33.6 Å². The number of anilines is 1. The summed E-state index contributed by atoms with van der Waals surface area (Å²) in [7, 11) is 1.73. The van der Waals surface area contributed by atoms with E-state index < -0.39 is 5.60 Å². The predicted octanol–water partition coefficient (Wildman–Crippen LogP) is 3.74. The van der Waals surface area contributed by atoms with Crippen LogP contribution < -0.4 is 5.32 Å². The molecule has 0 saturated carbocycles. The molecule has 156 valence electrons. The molecule has 0 radical (unpaired) electrons. The first kappa shape index (κ1) is 20.7. The number of aromatic nitrogens is 2. The first-order valence-electron chi connectivity index (χ1n) is 9.85. The molecule has 1 fully saturated rings. The van der Waals surface area contributed by atoms with E-state index in [2.05, 4.69) is 10.4 Å². The Labute approximate surface area is 171 Å². The molecule has 0 aliphatic carbocycles. The van der Waals surface area contributed by atoms with Crippen LogP contribution in [0.2, 0.25) is 0 Å². The van der Waals surface area contributed by atoms with E-state index in [0.29, 0.717) is 18.8 Å². The minimum atomic E-state index is -0.548. The summed E-state index contributed by atoms with van der Waals surface area (Å²) in [6.45, 7) is 6.64. The van der Waals surface area contributed by atoms with Gasteiger partial charge in [-0.25, -0.2) is 14.3 Å². The number of urea groups is 1. The lowest BCUT2D eigenvalue weighted by Gasteiger charge is -2.38. The molecule has 2 heterocycles. The highest BCUT2D eigenvalue weighted by atomic mass is 16.6. The summed E-state index contributed by atoms with van der Waals surface area (Å²) in [5.41, 5.74) is 0.932. The van der Waals surface area contributed by atoms with Crippen molar-refractivity contribution in [1.82, 2.24) is 19.6 Å². The fraction of sp³-hybridized carbons (Fsp3) is 0.476. The molecule has 1 aliphatic heterocycles. The maximum atomic E-state index is 12.9. The second-order valence-electron chi connectivity index (χ2n) is 8.23. The number of carbonyl (C=O) groups is 2. The minimum Gasteiger partial charge on any atom is -0.444 e. The number of benzene rings is 1. The van der Waals surface area contributed by atoms with Gasteiger partial charge in [-0.15, -0.1) is 0 Å². The molecule has 1 saturated heterocycles. The largest absolute Gasteiger partial charge is 0.444 e. The zero-order valence-corrected chi connectivity index (χ0v) is 17.5. The predicted molar refractivity (Wildman–Crippen MR) is 111 cm³/mol. The number of likely N-dealkylation sites (tertiary alicyclic amines) is 1. The van der Waals surface area contributed by atoms with E-state index in [9.17, 15) is 9.59 Å². The van der Waals surface area contributed by atoms with Gasteiger partial charge >= 0.3 is 12.1 Å². The van der Waals surface area contributed by atoms with Crippen molar-refractivity contribution >= 4 is 17.8 Å². The normalized spacial score (nSPS) is 17.0. The molecule has 0 unspecified atom stereocenters. The molecule has 0 bridgehead atoms. The number of piperidine rings is 1. The van der Waals surface area contributed by atoms with E-state index in [1.807, 2.05) is 57.3 Å². The lowest BCUT2D eigenvalue weighted by molar-refractivity contribution is 0.0158. The number of nitrogens with one attached hydrogen (secondary N) is 1. The number of hydrogen-bond acceptors (Lipinski definition) is 4. The third kappa shape index (κ3) is 5.28. The summed E-state index contributed by atoms with van der Waals surface area (Å²) in [4.78, 5) is 28.6. The summed E-state index contributed by atoms with van der Waals surface area (Å²) < 4.78 is 7.17. The van der Waals surface area contributed by atoms with Crippen molar-refractivity contribution in [1.29, 1.82) is 0 Å². The molecule has 1 aromatic carbocycles. The van der Waals surface area contributed by atoms with Crippen LogP contribution in [0.5, 0.6) is 0 Å². The van der Waals surface area contributed by atoms with Crippen LogP contribution >= 0.6 is 0 Å². The molecular formula is C21H29N5O3. The standard InChI is InChI=1S/C21H29N5O3/c1-21(2,3)29-20(28)24(4)16-9-7-13-25(15-16)19(27)23-17-10-5-6-11-18(17)26-14-8-12-22-26/h5-6,8,10-12,14,16H,7,9,13,15H2,1-4H3,(H,23,27)/t16-/m1/s1. The fourth-order valence-electron chi connectivity index (χ4n) is 3.32. The Hall–Kier alpha value is -3.03. The van der Waals surface area contributed by atoms with E-state index in [1.54, 1.807) is 27.7 Å².